The Morgan fingerprint density at radius 3 is 2.61 bits per heavy atom. The van der Waals surface area contributed by atoms with Gasteiger partial charge in [0, 0.05) is 38.7 Å². The van der Waals surface area contributed by atoms with Gasteiger partial charge >= 0.3 is 0 Å². The van der Waals surface area contributed by atoms with Crippen molar-refractivity contribution in [3.8, 4) is 0 Å². The van der Waals surface area contributed by atoms with Crippen LogP contribution in [0.2, 0.25) is 0 Å². The third-order valence-corrected chi connectivity index (χ3v) is 4.16. The first-order valence-electron chi connectivity index (χ1n) is 7.79. The van der Waals surface area contributed by atoms with E-state index in [4.69, 9.17) is 0 Å². The average molecular weight is 317 g/mol. The summed E-state index contributed by atoms with van der Waals surface area (Å²) >= 11 is 0. The van der Waals surface area contributed by atoms with Gasteiger partial charge in [-0.3, -0.25) is 14.4 Å². The summed E-state index contributed by atoms with van der Waals surface area (Å²) in [5.74, 6) is -0.645. The summed E-state index contributed by atoms with van der Waals surface area (Å²) in [7, 11) is 0. The summed E-state index contributed by atoms with van der Waals surface area (Å²) in [5.41, 5.74) is 3.06. The fraction of sp³-hybridized carbons (Fsp3) is 0.471. The quantitative estimate of drug-likeness (QED) is 0.792. The summed E-state index contributed by atoms with van der Waals surface area (Å²) in [4.78, 5) is 36.9. The van der Waals surface area contributed by atoms with E-state index in [9.17, 15) is 14.4 Å². The van der Waals surface area contributed by atoms with Gasteiger partial charge < -0.3 is 15.5 Å². The number of hydrogen-bond acceptors (Lipinski definition) is 3. The number of aryl methyl sites for hydroxylation is 1. The Balaban J connectivity index is 1.95. The van der Waals surface area contributed by atoms with Gasteiger partial charge in [0.2, 0.25) is 17.7 Å². The van der Waals surface area contributed by atoms with Gasteiger partial charge in [-0.15, -0.1) is 0 Å². The van der Waals surface area contributed by atoms with Crippen molar-refractivity contribution in [3.63, 3.8) is 0 Å². The van der Waals surface area contributed by atoms with Crippen LogP contribution < -0.4 is 15.5 Å². The van der Waals surface area contributed by atoms with Crippen molar-refractivity contribution in [2.75, 3.05) is 24.5 Å². The van der Waals surface area contributed by atoms with Crippen LogP contribution in [0.3, 0.4) is 0 Å². The minimum atomic E-state index is -0.347. The molecule has 0 spiro atoms. The molecule has 1 aromatic rings. The monoisotopic (exact) mass is 317 g/mol. The van der Waals surface area contributed by atoms with Crippen molar-refractivity contribution in [1.29, 1.82) is 0 Å². The minimum Gasteiger partial charge on any atom is -0.355 e. The molecule has 0 radical (unpaired) electrons. The van der Waals surface area contributed by atoms with Crippen LogP contribution in [0.5, 0.6) is 0 Å². The van der Waals surface area contributed by atoms with Crippen molar-refractivity contribution in [3.05, 3.63) is 29.3 Å². The smallest absolute Gasteiger partial charge is 0.227 e. The van der Waals surface area contributed by atoms with Gasteiger partial charge in [-0.2, -0.15) is 0 Å². The molecule has 1 aliphatic rings. The third kappa shape index (κ3) is 4.09. The van der Waals surface area contributed by atoms with Gasteiger partial charge in [-0.05, 0) is 31.0 Å². The number of carbonyl (C=O) groups excluding carboxylic acids is 3. The van der Waals surface area contributed by atoms with E-state index in [1.54, 1.807) is 4.90 Å². The molecule has 23 heavy (non-hydrogen) atoms. The maximum atomic E-state index is 12.3. The molecule has 0 bridgehead atoms. The zero-order chi connectivity index (χ0) is 17.0. The Hall–Kier alpha value is -2.37. The average Bonchev–Trinajstić information content (AvgIpc) is 2.88. The van der Waals surface area contributed by atoms with Gasteiger partial charge in [0.05, 0.1) is 5.92 Å². The molecule has 0 aromatic heterocycles. The Labute approximate surface area is 136 Å². The molecular formula is C17H23N3O3. The number of rotatable bonds is 5. The van der Waals surface area contributed by atoms with Crippen LogP contribution in [-0.2, 0) is 14.4 Å². The highest BCUT2D eigenvalue weighted by Crippen LogP contribution is 2.29. The number of benzene rings is 1. The molecule has 6 heteroatoms. The van der Waals surface area contributed by atoms with Crippen LogP contribution in [0.25, 0.3) is 0 Å². The standard InChI is InChI=1S/C17H23N3O3/c1-11-5-4-6-15(12(11)2)20-10-14(9-16(20)22)17(23)19-8-7-18-13(3)21/h4-6,14H,7-10H2,1-3H3,(H,18,21)(H,19,23). The van der Waals surface area contributed by atoms with Gasteiger partial charge in [-0.1, -0.05) is 12.1 Å². The van der Waals surface area contributed by atoms with Crippen LogP contribution in [0.4, 0.5) is 5.69 Å². The van der Waals surface area contributed by atoms with Gasteiger partial charge in [0.25, 0.3) is 0 Å². The lowest BCUT2D eigenvalue weighted by Crippen LogP contribution is -2.38. The molecule has 1 aliphatic heterocycles. The van der Waals surface area contributed by atoms with Gasteiger partial charge in [0.15, 0.2) is 0 Å². The van der Waals surface area contributed by atoms with Crippen LogP contribution >= 0.6 is 0 Å². The van der Waals surface area contributed by atoms with Crippen LogP contribution in [-0.4, -0.2) is 37.4 Å². The number of amides is 3. The Morgan fingerprint density at radius 1 is 1.22 bits per heavy atom. The molecule has 124 valence electrons. The minimum absolute atomic E-state index is 0.0271. The molecule has 1 heterocycles. The first kappa shape index (κ1) is 17.0. The molecule has 2 rings (SSSR count). The molecule has 1 saturated heterocycles. The lowest BCUT2D eigenvalue weighted by molar-refractivity contribution is -0.126. The largest absolute Gasteiger partial charge is 0.355 e. The first-order chi connectivity index (χ1) is 10.9. The van der Waals surface area contributed by atoms with Crippen LogP contribution in [0, 0.1) is 19.8 Å². The van der Waals surface area contributed by atoms with E-state index in [1.165, 1.54) is 6.92 Å². The predicted octanol–water partition coefficient (Wildman–Crippen LogP) is 0.909. The van der Waals surface area contributed by atoms with E-state index in [0.29, 0.717) is 19.6 Å². The van der Waals surface area contributed by atoms with E-state index >= 15 is 0 Å². The predicted molar refractivity (Wildman–Crippen MR) is 88.1 cm³/mol. The lowest BCUT2D eigenvalue weighted by atomic mass is 10.1. The number of nitrogens with one attached hydrogen (secondary N) is 2. The highest BCUT2D eigenvalue weighted by atomic mass is 16.2. The fourth-order valence-electron chi connectivity index (χ4n) is 2.71. The molecule has 1 aromatic carbocycles. The topological polar surface area (TPSA) is 78.5 Å². The normalized spacial score (nSPS) is 17.3. The van der Waals surface area contributed by atoms with E-state index in [1.807, 2.05) is 32.0 Å². The highest BCUT2D eigenvalue weighted by molar-refractivity contribution is 6.00. The number of carbonyl (C=O) groups is 3. The second-order valence-electron chi connectivity index (χ2n) is 5.90. The second kappa shape index (κ2) is 7.26. The number of anilines is 1. The van der Waals surface area contributed by atoms with Gasteiger partial charge in [0.1, 0.15) is 0 Å². The third-order valence-electron chi connectivity index (χ3n) is 4.16. The zero-order valence-electron chi connectivity index (χ0n) is 13.8. The maximum absolute atomic E-state index is 12.3. The molecular weight excluding hydrogens is 294 g/mol. The fourth-order valence-corrected chi connectivity index (χ4v) is 2.71. The Kier molecular flexibility index (Phi) is 5.36. The maximum Gasteiger partial charge on any atom is 0.227 e. The SMILES string of the molecule is CC(=O)NCCNC(=O)C1CC(=O)N(c2cccc(C)c2C)C1. The van der Waals surface area contributed by atoms with Gasteiger partial charge in [-0.25, -0.2) is 0 Å². The first-order valence-corrected chi connectivity index (χ1v) is 7.79. The lowest BCUT2D eigenvalue weighted by Gasteiger charge is -2.20. The van der Waals surface area contributed by atoms with E-state index in [0.717, 1.165) is 16.8 Å². The number of hydrogen-bond donors (Lipinski definition) is 2. The molecule has 1 unspecified atom stereocenters. The highest BCUT2D eigenvalue weighted by Gasteiger charge is 2.35. The summed E-state index contributed by atoms with van der Waals surface area (Å²) in [6.07, 6.45) is 0.222. The molecule has 2 N–H and O–H groups in total. The van der Waals surface area contributed by atoms with Crippen molar-refractivity contribution in [1.82, 2.24) is 10.6 Å². The van der Waals surface area contributed by atoms with Crippen LogP contribution in [0.15, 0.2) is 18.2 Å². The van der Waals surface area contributed by atoms with E-state index in [2.05, 4.69) is 10.6 Å². The molecule has 3 amide bonds. The van der Waals surface area contributed by atoms with E-state index < -0.39 is 0 Å². The summed E-state index contributed by atoms with van der Waals surface area (Å²) < 4.78 is 0. The molecule has 1 fully saturated rings. The zero-order valence-corrected chi connectivity index (χ0v) is 13.8. The Morgan fingerprint density at radius 2 is 1.91 bits per heavy atom. The van der Waals surface area contributed by atoms with Crippen molar-refractivity contribution >= 4 is 23.4 Å². The van der Waals surface area contributed by atoms with E-state index in [-0.39, 0.29) is 30.1 Å². The van der Waals surface area contributed by atoms with Crippen LogP contribution in [0.1, 0.15) is 24.5 Å². The number of nitrogens with zero attached hydrogens (tertiary/aromatic N) is 1. The van der Waals surface area contributed by atoms with Crippen molar-refractivity contribution in [2.24, 2.45) is 5.92 Å². The second-order valence-corrected chi connectivity index (χ2v) is 5.90. The molecule has 0 saturated carbocycles. The molecule has 6 nitrogen and oxygen atoms in total. The molecule has 1 atom stereocenters. The Bertz CT molecular complexity index is 628. The molecule has 0 aliphatic carbocycles. The van der Waals surface area contributed by atoms with Crippen molar-refractivity contribution < 1.29 is 14.4 Å². The summed E-state index contributed by atoms with van der Waals surface area (Å²) in [6, 6.07) is 5.84. The summed E-state index contributed by atoms with van der Waals surface area (Å²) in [6.45, 7) is 6.58. The summed E-state index contributed by atoms with van der Waals surface area (Å²) in [5, 5.41) is 5.38. The van der Waals surface area contributed by atoms with Crippen molar-refractivity contribution in [2.45, 2.75) is 27.2 Å².